The van der Waals surface area contributed by atoms with Crippen LogP contribution in [0.2, 0.25) is 0 Å². The van der Waals surface area contributed by atoms with E-state index in [1.165, 1.54) is 12.5 Å². The summed E-state index contributed by atoms with van der Waals surface area (Å²) >= 11 is 1.08. The van der Waals surface area contributed by atoms with E-state index in [-0.39, 0.29) is 22.7 Å². The number of hydrogen-bond acceptors (Lipinski definition) is 6. The summed E-state index contributed by atoms with van der Waals surface area (Å²) in [6.07, 6.45) is 0.312. The van der Waals surface area contributed by atoms with Crippen molar-refractivity contribution in [2.45, 2.75) is 26.3 Å². The molecule has 2 aromatic rings. The van der Waals surface area contributed by atoms with Gasteiger partial charge in [-0.15, -0.1) is 11.3 Å². The van der Waals surface area contributed by atoms with Crippen molar-refractivity contribution >= 4 is 34.3 Å². The lowest BCUT2D eigenvalue weighted by Crippen LogP contribution is -2.41. The molecule has 2 rings (SSSR count). The first kappa shape index (κ1) is 20.4. The average Bonchev–Trinajstić information content (AvgIpc) is 3.09. The number of hydrogen-bond donors (Lipinski definition) is 3. The fourth-order valence-electron chi connectivity index (χ4n) is 2.27. The van der Waals surface area contributed by atoms with Crippen LogP contribution in [0.15, 0.2) is 29.6 Å². The number of aliphatic carboxylic acids is 1. The van der Waals surface area contributed by atoms with Crippen molar-refractivity contribution in [2.75, 3.05) is 12.4 Å². The summed E-state index contributed by atoms with van der Waals surface area (Å²) in [5.41, 5.74) is 0.472. The Balaban J connectivity index is 2.01. The van der Waals surface area contributed by atoms with E-state index in [2.05, 4.69) is 15.6 Å². The van der Waals surface area contributed by atoms with Gasteiger partial charge < -0.3 is 15.2 Å². The first-order valence-electron chi connectivity index (χ1n) is 8.24. The van der Waals surface area contributed by atoms with Gasteiger partial charge in [-0.1, -0.05) is 13.8 Å². The molecule has 0 aliphatic heterocycles. The van der Waals surface area contributed by atoms with E-state index in [9.17, 15) is 19.5 Å². The molecule has 1 atom stereocenters. The molecule has 9 heteroatoms. The molecule has 0 aliphatic rings. The fourth-order valence-corrected chi connectivity index (χ4v) is 2.96. The highest BCUT2D eigenvalue weighted by Gasteiger charge is 2.23. The molecule has 0 saturated heterocycles. The third kappa shape index (κ3) is 5.78. The maximum absolute atomic E-state index is 12.2. The number of methoxy groups -OCH3 is 1. The zero-order valence-electron chi connectivity index (χ0n) is 15.2. The topological polar surface area (TPSA) is 118 Å². The predicted molar refractivity (Wildman–Crippen MR) is 101 cm³/mol. The van der Waals surface area contributed by atoms with Gasteiger partial charge in [0.1, 0.15) is 17.5 Å². The molecule has 8 nitrogen and oxygen atoms in total. The van der Waals surface area contributed by atoms with E-state index in [4.69, 9.17) is 4.74 Å². The first-order valence-corrected chi connectivity index (χ1v) is 9.12. The third-order valence-corrected chi connectivity index (χ3v) is 4.38. The number of carboxylic acid groups (broad SMARTS) is 1. The largest absolute Gasteiger partial charge is 0.497 e. The number of carbonyl (C=O) groups excluding carboxylic acids is 2. The molecule has 1 heterocycles. The standard InChI is InChI=1S/C18H21N3O5S/c1-10(2)8-13(17(24)25)19-16(23)14-9-27-18(20-14)21-15(22)11-4-6-12(26-3)7-5-11/h4-7,9-10,13H,8H2,1-3H3,(H,19,23)(H,24,25)(H,20,21,22). The normalized spacial score (nSPS) is 11.7. The summed E-state index contributed by atoms with van der Waals surface area (Å²) < 4.78 is 5.04. The second kappa shape index (κ2) is 9.13. The van der Waals surface area contributed by atoms with Crippen molar-refractivity contribution < 1.29 is 24.2 Å². The van der Waals surface area contributed by atoms with Crippen LogP contribution >= 0.6 is 11.3 Å². The summed E-state index contributed by atoms with van der Waals surface area (Å²) in [5, 5.41) is 16.0. The van der Waals surface area contributed by atoms with Gasteiger partial charge in [-0.2, -0.15) is 0 Å². The molecule has 0 fully saturated rings. The van der Waals surface area contributed by atoms with Crippen LogP contribution in [-0.4, -0.2) is 41.0 Å². The number of nitrogens with one attached hydrogen (secondary N) is 2. The van der Waals surface area contributed by atoms with E-state index >= 15 is 0 Å². The number of nitrogens with zero attached hydrogens (tertiary/aromatic N) is 1. The molecular formula is C18H21N3O5S. The number of anilines is 1. The number of thiazole rings is 1. The maximum atomic E-state index is 12.2. The molecule has 27 heavy (non-hydrogen) atoms. The molecule has 1 aromatic carbocycles. The molecule has 0 saturated carbocycles. The van der Waals surface area contributed by atoms with Gasteiger partial charge in [-0.25, -0.2) is 9.78 Å². The molecule has 144 valence electrons. The minimum absolute atomic E-state index is 0.0556. The highest BCUT2D eigenvalue weighted by atomic mass is 32.1. The van der Waals surface area contributed by atoms with Gasteiger partial charge in [0.25, 0.3) is 11.8 Å². The Hall–Kier alpha value is -2.94. The van der Waals surface area contributed by atoms with E-state index in [1.54, 1.807) is 24.3 Å². The van der Waals surface area contributed by atoms with Crippen molar-refractivity contribution in [3.8, 4) is 5.75 Å². The maximum Gasteiger partial charge on any atom is 0.326 e. The quantitative estimate of drug-likeness (QED) is 0.637. The number of carbonyl (C=O) groups is 3. The van der Waals surface area contributed by atoms with Crippen LogP contribution in [0.5, 0.6) is 5.75 Å². The van der Waals surface area contributed by atoms with Crippen molar-refractivity contribution in [1.29, 1.82) is 0 Å². The van der Waals surface area contributed by atoms with Crippen LogP contribution in [0, 0.1) is 5.92 Å². The fraction of sp³-hybridized carbons (Fsp3) is 0.333. The van der Waals surface area contributed by atoms with Gasteiger partial charge >= 0.3 is 5.97 Å². The van der Waals surface area contributed by atoms with Crippen LogP contribution in [0.4, 0.5) is 5.13 Å². The molecule has 3 N–H and O–H groups in total. The van der Waals surface area contributed by atoms with Crippen LogP contribution in [0.1, 0.15) is 41.1 Å². The number of benzene rings is 1. The van der Waals surface area contributed by atoms with Gasteiger partial charge in [0.05, 0.1) is 7.11 Å². The van der Waals surface area contributed by atoms with Crippen LogP contribution in [0.25, 0.3) is 0 Å². The zero-order valence-corrected chi connectivity index (χ0v) is 16.0. The van der Waals surface area contributed by atoms with E-state index in [1.807, 2.05) is 13.8 Å². The first-order chi connectivity index (χ1) is 12.8. The Morgan fingerprint density at radius 2 is 1.85 bits per heavy atom. The number of rotatable bonds is 8. The van der Waals surface area contributed by atoms with Gasteiger partial charge in [-0.3, -0.25) is 14.9 Å². The van der Waals surface area contributed by atoms with Crippen LogP contribution in [0.3, 0.4) is 0 Å². The summed E-state index contributed by atoms with van der Waals surface area (Å²) in [7, 11) is 1.54. The summed E-state index contributed by atoms with van der Waals surface area (Å²) in [6, 6.07) is 5.56. The zero-order chi connectivity index (χ0) is 20.0. The second-order valence-electron chi connectivity index (χ2n) is 6.21. The lowest BCUT2D eigenvalue weighted by molar-refractivity contribution is -0.139. The number of carboxylic acids is 1. The Morgan fingerprint density at radius 1 is 1.19 bits per heavy atom. The van der Waals surface area contributed by atoms with E-state index in [0.29, 0.717) is 17.7 Å². The van der Waals surface area contributed by atoms with E-state index in [0.717, 1.165) is 11.3 Å². The molecular weight excluding hydrogens is 370 g/mol. The monoisotopic (exact) mass is 391 g/mol. The lowest BCUT2D eigenvalue weighted by Gasteiger charge is -2.15. The average molecular weight is 391 g/mol. The molecule has 0 bridgehead atoms. The van der Waals surface area contributed by atoms with Crippen molar-refractivity contribution in [1.82, 2.24) is 10.3 Å². The second-order valence-corrected chi connectivity index (χ2v) is 7.07. The minimum Gasteiger partial charge on any atom is -0.497 e. The van der Waals surface area contributed by atoms with Gasteiger partial charge in [0.15, 0.2) is 5.13 Å². The van der Waals surface area contributed by atoms with E-state index < -0.39 is 17.9 Å². The number of aromatic nitrogens is 1. The SMILES string of the molecule is COc1ccc(C(=O)Nc2nc(C(=O)NC(CC(C)C)C(=O)O)cs2)cc1. The lowest BCUT2D eigenvalue weighted by atomic mass is 10.0. The molecule has 1 unspecified atom stereocenters. The number of amides is 2. The summed E-state index contributed by atoms with van der Waals surface area (Å²) in [6.45, 7) is 3.75. The van der Waals surface area contributed by atoms with Crippen molar-refractivity contribution in [3.63, 3.8) is 0 Å². The van der Waals surface area contributed by atoms with Gasteiger partial charge in [0.2, 0.25) is 0 Å². The van der Waals surface area contributed by atoms with Gasteiger partial charge in [0, 0.05) is 10.9 Å². The van der Waals surface area contributed by atoms with Crippen molar-refractivity contribution in [3.05, 3.63) is 40.9 Å². The third-order valence-electron chi connectivity index (χ3n) is 3.62. The highest BCUT2D eigenvalue weighted by molar-refractivity contribution is 7.14. The highest BCUT2D eigenvalue weighted by Crippen LogP contribution is 2.18. The molecule has 0 aliphatic carbocycles. The Bertz CT molecular complexity index is 817. The Morgan fingerprint density at radius 3 is 2.41 bits per heavy atom. The summed E-state index contributed by atoms with van der Waals surface area (Å²) in [4.78, 5) is 39.8. The molecule has 2 amide bonds. The van der Waals surface area contributed by atoms with Crippen molar-refractivity contribution in [2.24, 2.45) is 5.92 Å². The number of ether oxygens (including phenoxy) is 1. The van der Waals surface area contributed by atoms with Gasteiger partial charge in [-0.05, 0) is 36.6 Å². The summed E-state index contributed by atoms with van der Waals surface area (Å²) in [5.74, 6) is -1.32. The molecule has 1 aromatic heterocycles. The van der Waals surface area contributed by atoms with Crippen LogP contribution < -0.4 is 15.4 Å². The predicted octanol–water partition coefficient (Wildman–Crippen LogP) is 2.63. The van der Waals surface area contributed by atoms with Crippen LogP contribution in [-0.2, 0) is 4.79 Å². The Kier molecular flexibility index (Phi) is 6.89. The smallest absolute Gasteiger partial charge is 0.326 e. The Labute approximate surface area is 160 Å². The minimum atomic E-state index is -1.10. The molecule has 0 radical (unpaired) electrons. The molecule has 0 spiro atoms.